The lowest BCUT2D eigenvalue weighted by atomic mass is 10.1. The van der Waals surface area contributed by atoms with Crippen molar-refractivity contribution >= 4 is 6.29 Å². The zero-order chi connectivity index (χ0) is 13.1. The Kier molecular flexibility index (Phi) is 2.94. The van der Waals surface area contributed by atoms with Crippen LogP contribution in [-0.4, -0.2) is 20.8 Å². The fourth-order valence-electron chi connectivity index (χ4n) is 1.84. The van der Waals surface area contributed by atoms with Gasteiger partial charge in [-0.05, 0) is 5.56 Å². The monoisotopic (exact) mass is 252 g/mol. The highest BCUT2D eigenvalue weighted by Crippen LogP contribution is 2.19. The van der Waals surface area contributed by atoms with Crippen molar-refractivity contribution in [1.29, 1.82) is 0 Å². The summed E-state index contributed by atoms with van der Waals surface area (Å²) >= 11 is 0. The molecule has 0 unspecified atom stereocenters. The molecule has 0 fully saturated rings. The van der Waals surface area contributed by atoms with Crippen molar-refractivity contribution in [2.45, 2.75) is 6.54 Å². The Morgan fingerprint density at radius 1 is 1.32 bits per heavy atom. The normalized spacial score (nSPS) is 10.5. The number of aldehydes is 1. The molecule has 1 radical (unpaired) electrons. The van der Waals surface area contributed by atoms with E-state index in [0.29, 0.717) is 12.4 Å². The Hall–Kier alpha value is -2.69. The number of oxazole rings is 1. The van der Waals surface area contributed by atoms with Crippen molar-refractivity contribution in [3.8, 4) is 11.3 Å². The third kappa shape index (κ3) is 2.30. The van der Waals surface area contributed by atoms with Crippen molar-refractivity contribution in [2.75, 3.05) is 0 Å². The van der Waals surface area contributed by atoms with Gasteiger partial charge in [0, 0.05) is 12.1 Å². The summed E-state index contributed by atoms with van der Waals surface area (Å²) in [6.45, 7) is 0.560. The van der Waals surface area contributed by atoms with Crippen LogP contribution in [0.3, 0.4) is 0 Å². The summed E-state index contributed by atoms with van der Waals surface area (Å²) in [4.78, 5) is 18.6. The third-order valence-electron chi connectivity index (χ3n) is 2.80. The maximum absolute atomic E-state index is 10.8. The summed E-state index contributed by atoms with van der Waals surface area (Å²) in [5.74, 6) is 1.11. The molecule has 0 bridgehead atoms. The number of rotatable bonds is 4. The zero-order valence-corrected chi connectivity index (χ0v) is 9.98. The molecule has 2 aromatic heterocycles. The van der Waals surface area contributed by atoms with Crippen molar-refractivity contribution in [2.24, 2.45) is 0 Å². The van der Waals surface area contributed by atoms with Gasteiger partial charge in [-0.3, -0.25) is 4.79 Å². The van der Waals surface area contributed by atoms with Crippen LogP contribution in [0.4, 0.5) is 0 Å². The third-order valence-corrected chi connectivity index (χ3v) is 2.80. The molecule has 93 valence electrons. The number of hydrogen-bond donors (Lipinski definition) is 0. The second kappa shape index (κ2) is 4.89. The maximum Gasteiger partial charge on any atom is 0.185 e. The first-order valence-electron chi connectivity index (χ1n) is 5.73. The van der Waals surface area contributed by atoms with Gasteiger partial charge in [0.15, 0.2) is 24.3 Å². The first-order chi connectivity index (χ1) is 9.36. The molecule has 0 saturated carbocycles. The number of carbonyl (C=O) groups is 1. The van der Waals surface area contributed by atoms with Gasteiger partial charge in [0.05, 0.1) is 18.6 Å². The van der Waals surface area contributed by atoms with Crippen LogP contribution in [0.15, 0.2) is 47.5 Å². The van der Waals surface area contributed by atoms with E-state index in [9.17, 15) is 4.79 Å². The highest BCUT2D eigenvalue weighted by atomic mass is 16.3. The Labute approximate surface area is 109 Å². The minimum absolute atomic E-state index is 0.374. The van der Waals surface area contributed by atoms with Gasteiger partial charge in [0.25, 0.3) is 0 Å². The van der Waals surface area contributed by atoms with E-state index in [2.05, 4.69) is 16.2 Å². The minimum atomic E-state index is 0.374. The standard InChI is InChI=1S/C14H10N3O2/c18-9-14-16-5-6-17(14)8-11-1-3-12(4-2-11)13-7-15-10-19-13/h1-5,7,9-10H,8H2. The van der Waals surface area contributed by atoms with Crippen LogP contribution >= 0.6 is 0 Å². The van der Waals surface area contributed by atoms with Crippen LogP contribution in [-0.2, 0) is 6.54 Å². The maximum atomic E-state index is 10.8. The summed E-state index contributed by atoms with van der Waals surface area (Å²) in [5.41, 5.74) is 2.02. The van der Waals surface area contributed by atoms with E-state index in [1.54, 1.807) is 10.8 Å². The average molecular weight is 252 g/mol. The number of imidazole rings is 1. The molecule has 0 amide bonds. The highest BCUT2D eigenvalue weighted by Gasteiger charge is 2.04. The van der Waals surface area contributed by atoms with E-state index in [-0.39, 0.29) is 0 Å². The molecule has 0 N–H and O–H groups in total. The topological polar surface area (TPSA) is 60.9 Å². The molecule has 1 aromatic carbocycles. The van der Waals surface area contributed by atoms with Crippen molar-refractivity contribution in [1.82, 2.24) is 14.5 Å². The molecule has 0 aliphatic rings. The molecule has 0 aliphatic carbocycles. The van der Waals surface area contributed by atoms with Gasteiger partial charge in [-0.15, -0.1) is 0 Å². The van der Waals surface area contributed by atoms with Crippen LogP contribution in [0, 0.1) is 6.20 Å². The van der Waals surface area contributed by atoms with E-state index in [4.69, 9.17) is 4.42 Å². The lowest BCUT2D eigenvalue weighted by molar-refractivity contribution is 0.111. The van der Waals surface area contributed by atoms with Crippen LogP contribution in [0.5, 0.6) is 0 Å². The molecule has 0 spiro atoms. The van der Waals surface area contributed by atoms with Gasteiger partial charge >= 0.3 is 0 Å². The Balaban J connectivity index is 1.82. The largest absolute Gasteiger partial charge is 0.444 e. The van der Waals surface area contributed by atoms with Gasteiger partial charge in [-0.25, -0.2) is 9.97 Å². The van der Waals surface area contributed by atoms with Gasteiger partial charge in [0.1, 0.15) is 0 Å². The van der Waals surface area contributed by atoms with Gasteiger partial charge < -0.3 is 8.98 Å². The van der Waals surface area contributed by atoms with E-state index in [0.717, 1.165) is 23.2 Å². The molecule has 5 heteroatoms. The van der Waals surface area contributed by atoms with E-state index < -0.39 is 0 Å². The molecule has 19 heavy (non-hydrogen) atoms. The lowest BCUT2D eigenvalue weighted by Crippen LogP contribution is -2.03. The first-order valence-corrected chi connectivity index (χ1v) is 5.73. The lowest BCUT2D eigenvalue weighted by Gasteiger charge is -2.04. The molecular formula is C14H10N3O2. The van der Waals surface area contributed by atoms with E-state index >= 15 is 0 Å². The van der Waals surface area contributed by atoms with Gasteiger partial charge in [-0.2, -0.15) is 0 Å². The van der Waals surface area contributed by atoms with E-state index in [1.165, 1.54) is 12.6 Å². The summed E-state index contributed by atoms with van der Waals surface area (Å²) in [6, 6.07) is 7.85. The molecular weight excluding hydrogens is 242 g/mol. The smallest absolute Gasteiger partial charge is 0.185 e. The highest BCUT2D eigenvalue weighted by molar-refractivity contribution is 5.69. The molecule has 3 aromatic rings. The van der Waals surface area contributed by atoms with Crippen LogP contribution in [0.25, 0.3) is 11.3 Å². The molecule has 0 saturated heterocycles. The Morgan fingerprint density at radius 3 is 2.84 bits per heavy atom. The quantitative estimate of drug-likeness (QED) is 0.668. The van der Waals surface area contributed by atoms with Crippen LogP contribution in [0.2, 0.25) is 0 Å². The zero-order valence-electron chi connectivity index (χ0n) is 9.98. The summed E-state index contributed by atoms with van der Waals surface area (Å²) in [6.07, 6.45) is 8.18. The van der Waals surface area contributed by atoms with E-state index in [1.807, 2.05) is 24.3 Å². The SMILES string of the molecule is O=Cc1nc[c]n1Cc1ccc(-c2cnco2)cc1. The Bertz CT molecular complexity index is 669. The molecule has 5 nitrogen and oxygen atoms in total. The number of hydrogen-bond acceptors (Lipinski definition) is 4. The first kappa shape index (κ1) is 11.4. The Morgan fingerprint density at radius 2 is 2.16 bits per heavy atom. The molecule has 0 aliphatic heterocycles. The van der Waals surface area contributed by atoms with Crippen LogP contribution in [0.1, 0.15) is 16.2 Å². The molecule has 3 rings (SSSR count). The van der Waals surface area contributed by atoms with Gasteiger partial charge in [0.2, 0.25) is 0 Å². The molecule has 2 heterocycles. The van der Waals surface area contributed by atoms with Crippen molar-refractivity contribution in [3.63, 3.8) is 0 Å². The van der Waals surface area contributed by atoms with Crippen LogP contribution < -0.4 is 0 Å². The summed E-state index contributed by atoms with van der Waals surface area (Å²) < 4.78 is 6.90. The second-order valence-corrected chi connectivity index (χ2v) is 4.01. The average Bonchev–Trinajstić information content (AvgIpc) is 3.10. The van der Waals surface area contributed by atoms with Crippen molar-refractivity contribution < 1.29 is 9.21 Å². The number of aromatic nitrogens is 3. The van der Waals surface area contributed by atoms with Crippen molar-refractivity contribution in [3.05, 3.63) is 60.6 Å². The number of nitrogens with zero attached hydrogens (tertiary/aromatic N) is 3. The summed E-state index contributed by atoms with van der Waals surface area (Å²) in [5, 5.41) is 0. The minimum Gasteiger partial charge on any atom is -0.444 e. The molecule has 0 atom stereocenters. The van der Waals surface area contributed by atoms with Gasteiger partial charge in [-0.1, -0.05) is 24.3 Å². The fourth-order valence-corrected chi connectivity index (χ4v) is 1.84. The summed E-state index contributed by atoms with van der Waals surface area (Å²) in [7, 11) is 0. The number of carbonyl (C=O) groups excluding carboxylic acids is 1. The predicted octanol–water partition coefficient (Wildman–Crippen LogP) is 2.20. The fraction of sp³-hybridized carbons (Fsp3) is 0.0714. The predicted molar refractivity (Wildman–Crippen MR) is 67.5 cm³/mol. The second-order valence-electron chi connectivity index (χ2n) is 4.01. The number of benzene rings is 1.